The van der Waals surface area contributed by atoms with E-state index in [0.717, 1.165) is 4.47 Å². The van der Waals surface area contributed by atoms with Crippen molar-refractivity contribution in [3.63, 3.8) is 0 Å². The molecule has 6 heteroatoms. The van der Waals surface area contributed by atoms with Crippen molar-refractivity contribution < 1.29 is 9.90 Å². The van der Waals surface area contributed by atoms with E-state index in [1.807, 2.05) is 0 Å². The van der Waals surface area contributed by atoms with Gasteiger partial charge in [0.1, 0.15) is 5.15 Å². The number of hydrogen-bond donors (Lipinski definition) is 1. The normalized spacial score (nSPS) is 10.7. The largest absolute Gasteiger partial charge is 0.476 e. The molecule has 0 aliphatic rings. The SMILES string of the molecule is O=C(O)c1cc2cc(Br)cc(Cl)n2n1. The minimum absolute atomic E-state index is 0.0231. The van der Waals surface area contributed by atoms with Gasteiger partial charge in [-0.25, -0.2) is 9.31 Å². The topological polar surface area (TPSA) is 54.6 Å². The van der Waals surface area contributed by atoms with E-state index in [0.29, 0.717) is 10.7 Å². The van der Waals surface area contributed by atoms with Crippen LogP contribution in [-0.4, -0.2) is 20.7 Å². The third-order valence-electron chi connectivity index (χ3n) is 1.70. The van der Waals surface area contributed by atoms with Gasteiger partial charge in [0.2, 0.25) is 0 Å². The molecule has 2 aromatic rings. The minimum atomic E-state index is -1.07. The Morgan fingerprint density at radius 1 is 1.50 bits per heavy atom. The number of pyridine rings is 1. The van der Waals surface area contributed by atoms with Gasteiger partial charge in [-0.05, 0) is 18.2 Å². The van der Waals surface area contributed by atoms with Crippen molar-refractivity contribution in [3.05, 3.63) is 33.5 Å². The van der Waals surface area contributed by atoms with Gasteiger partial charge >= 0.3 is 5.97 Å². The smallest absolute Gasteiger partial charge is 0.356 e. The molecule has 0 atom stereocenters. The van der Waals surface area contributed by atoms with Gasteiger partial charge in [-0.1, -0.05) is 27.5 Å². The van der Waals surface area contributed by atoms with Crippen molar-refractivity contribution in [2.24, 2.45) is 0 Å². The summed E-state index contributed by atoms with van der Waals surface area (Å²) < 4.78 is 2.15. The second-order valence-corrected chi connectivity index (χ2v) is 3.97. The Labute approximate surface area is 92.2 Å². The first-order valence-electron chi connectivity index (χ1n) is 3.66. The second kappa shape index (κ2) is 3.25. The molecule has 72 valence electrons. The molecule has 14 heavy (non-hydrogen) atoms. The summed E-state index contributed by atoms with van der Waals surface area (Å²) in [5.74, 6) is -1.07. The Morgan fingerprint density at radius 2 is 2.21 bits per heavy atom. The van der Waals surface area contributed by atoms with Crippen molar-refractivity contribution in [1.82, 2.24) is 9.61 Å². The predicted octanol–water partition coefficient (Wildman–Crippen LogP) is 2.45. The van der Waals surface area contributed by atoms with Crippen LogP contribution in [0.4, 0.5) is 0 Å². The molecule has 0 saturated carbocycles. The van der Waals surface area contributed by atoms with Crippen LogP contribution in [0.3, 0.4) is 0 Å². The Bertz CT molecular complexity index is 523. The fourth-order valence-corrected chi connectivity index (χ4v) is 1.97. The van der Waals surface area contributed by atoms with Crippen molar-refractivity contribution in [3.8, 4) is 0 Å². The number of hydrogen-bond acceptors (Lipinski definition) is 2. The quantitative estimate of drug-likeness (QED) is 0.813. The summed E-state index contributed by atoms with van der Waals surface area (Å²) in [7, 11) is 0. The highest BCUT2D eigenvalue weighted by Crippen LogP contribution is 2.20. The van der Waals surface area contributed by atoms with Crippen LogP contribution in [0.2, 0.25) is 5.15 Å². The number of carboxylic acid groups (broad SMARTS) is 1. The van der Waals surface area contributed by atoms with Crippen molar-refractivity contribution in [2.45, 2.75) is 0 Å². The molecule has 2 rings (SSSR count). The third-order valence-corrected chi connectivity index (χ3v) is 2.43. The van der Waals surface area contributed by atoms with E-state index in [4.69, 9.17) is 16.7 Å². The van der Waals surface area contributed by atoms with Crippen LogP contribution in [0.15, 0.2) is 22.7 Å². The highest BCUT2D eigenvalue weighted by molar-refractivity contribution is 9.10. The van der Waals surface area contributed by atoms with Gasteiger partial charge in [-0.3, -0.25) is 0 Å². The third kappa shape index (κ3) is 1.49. The van der Waals surface area contributed by atoms with E-state index in [1.54, 1.807) is 12.1 Å². The molecule has 0 bridgehead atoms. The van der Waals surface area contributed by atoms with Crippen LogP contribution in [0, 0.1) is 0 Å². The first kappa shape index (κ1) is 9.48. The van der Waals surface area contributed by atoms with Gasteiger partial charge in [-0.15, -0.1) is 0 Å². The summed E-state index contributed by atoms with van der Waals surface area (Å²) >= 11 is 9.11. The summed E-state index contributed by atoms with van der Waals surface area (Å²) in [6, 6.07) is 4.84. The molecule has 0 amide bonds. The highest BCUT2D eigenvalue weighted by Gasteiger charge is 2.10. The van der Waals surface area contributed by atoms with Gasteiger partial charge in [0, 0.05) is 4.47 Å². The number of halogens is 2. The number of aromatic carboxylic acids is 1. The fraction of sp³-hybridized carbons (Fsp3) is 0. The van der Waals surface area contributed by atoms with Gasteiger partial charge in [0.25, 0.3) is 0 Å². The van der Waals surface area contributed by atoms with Crippen molar-refractivity contribution in [1.29, 1.82) is 0 Å². The van der Waals surface area contributed by atoms with Crippen LogP contribution in [0.5, 0.6) is 0 Å². The molecule has 2 aromatic heterocycles. The van der Waals surface area contributed by atoms with Crippen LogP contribution in [0.1, 0.15) is 10.5 Å². The molecule has 0 aliphatic carbocycles. The monoisotopic (exact) mass is 274 g/mol. The van der Waals surface area contributed by atoms with Crippen LogP contribution >= 0.6 is 27.5 Å². The maximum absolute atomic E-state index is 10.6. The zero-order valence-electron chi connectivity index (χ0n) is 6.74. The van der Waals surface area contributed by atoms with E-state index < -0.39 is 5.97 Å². The molecule has 0 fully saturated rings. The van der Waals surface area contributed by atoms with Gasteiger partial charge < -0.3 is 5.11 Å². The first-order chi connectivity index (χ1) is 6.58. The number of fused-ring (bicyclic) bond motifs is 1. The lowest BCUT2D eigenvalue weighted by atomic mass is 10.3. The van der Waals surface area contributed by atoms with Crippen LogP contribution in [0.25, 0.3) is 5.52 Å². The van der Waals surface area contributed by atoms with Crippen molar-refractivity contribution in [2.75, 3.05) is 0 Å². The molecule has 0 spiro atoms. The zero-order chi connectivity index (χ0) is 10.3. The zero-order valence-corrected chi connectivity index (χ0v) is 9.08. The Balaban J connectivity index is 2.76. The molecular weight excluding hydrogens is 271 g/mol. The minimum Gasteiger partial charge on any atom is -0.476 e. The van der Waals surface area contributed by atoms with E-state index in [2.05, 4.69) is 21.0 Å². The Hall–Kier alpha value is -1.07. The lowest BCUT2D eigenvalue weighted by Crippen LogP contribution is -1.97. The summed E-state index contributed by atoms with van der Waals surface area (Å²) in [4.78, 5) is 10.6. The molecule has 4 nitrogen and oxygen atoms in total. The standard InChI is InChI=1S/C8H4BrClN2O2/c9-4-1-5-3-6(8(13)14)11-12(5)7(10)2-4/h1-3H,(H,13,14). The molecule has 2 heterocycles. The highest BCUT2D eigenvalue weighted by atomic mass is 79.9. The molecule has 0 radical (unpaired) electrons. The van der Waals surface area contributed by atoms with E-state index in [9.17, 15) is 4.79 Å². The first-order valence-corrected chi connectivity index (χ1v) is 4.83. The summed E-state index contributed by atoms with van der Waals surface area (Å²) in [6.07, 6.45) is 0. The fourth-order valence-electron chi connectivity index (χ4n) is 1.13. The molecule has 0 unspecified atom stereocenters. The molecule has 0 saturated heterocycles. The van der Waals surface area contributed by atoms with E-state index in [1.165, 1.54) is 10.6 Å². The maximum atomic E-state index is 10.6. The molecule has 0 aromatic carbocycles. The summed E-state index contributed by atoms with van der Waals surface area (Å²) in [5, 5.41) is 12.9. The Kier molecular flexibility index (Phi) is 2.20. The molecule has 0 aliphatic heterocycles. The summed E-state index contributed by atoms with van der Waals surface area (Å²) in [5.41, 5.74) is 0.617. The van der Waals surface area contributed by atoms with Gasteiger partial charge in [0.05, 0.1) is 5.52 Å². The molecular formula is C8H4BrClN2O2. The van der Waals surface area contributed by atoms with E-state index in [-0.39, 0.29) is 5.69 Å². The maximum Gasteiger partial charge on any atom is 0.356 e. The van der Waals surface area contributed by atoms with Crippen LogP contribution < -0.4 is 0 Å². The predicted molar refractivity (Wildman–Crippen MR) is 54.9 cm³/mol. The van der Waals surface area contributed by atoms with E-state index >= 15 is 0 Å². The average Bonchev–Trinajstić information content (AvgIpc) is 2.47. The second-order valence-electron chi connectivity index (χ2n) is 2.67. The van der Waals surface area contributed by atoms with Crippen LogP contribution in [-0.2, 0) is 0 Å². The summed E-state index contributed by atoms with van der Waals surface area (Å²) in [6.45, 7) is 0. The number of nitrogens with zero attached hydrogens (tertiary/aromatic N) is 2. The Morgan fingerprint density at radius 3 is 2.86 bits per heavy atom. The average molecular weight is 275 g/mol. The lowest BCUT2D eigenvalue weighted by Gasteiger charge is -1.96. The van der Waals surface area contributed by atoms with Crippen molar-refractivity contribution >= 4 is 39.0 Å². The molecule has 1 N–H and O–H groups in total. The lowest BCUT2D eigenvalue weighted by molar-refractivity contribution is 0.0690. The number of carbonyl (C=O) groups is 1. The number of aromatic nitrogens is 2. The van der Waals surface area contributed by atoms with Gasteiger partial charge in [-0.2, -0.15) is 5.10 Å². The number of rotatable bonds is 1. The number of carboxylic acids is 1. The van der Waals surface area contributed by atoms with Gasteiger partial charge in [0.15, 0.2) is 5.69 Å².